The molecule has 1 saturated heterocycles. The Morgan fingerprint density at radius 3 is 2.77 bits per heavy atom. The lowest BCUT2D eigenvalue weighted by Crippen LogP contribution is -2.44. The second kappa shape index (κ2) is 6.76. The Morgan fingerprint density at radius 2 is 2.04 bits per heavy atom. The molecular weight excluding hydrogens is 330 g/mol. The number of aromatic amines is 1. The molecular formula is C19H21N5O2. The van der Waals surface area contributed by atoms with Crippen molar-refractivity contribution in [3.05, 3.63) is 65.2 Å². The first kappa shape index (κ1) is 16.5. The van der Waals surface area contributed by atoms with E-state index in [1.165, 1.54) is 0 Å². The maximum absolute atomic E-state index is 12.9. The van der Waals surface area contributed by atoms with E-state index in [0.717, 1.165) is 22.6 Å². The predicted octanol–water partition coefficient (Wildman–Crippen LogP) is 2.43. The topological polar surface area (TPSA) is 76.0 Å². The zero-order chi connectivity index (χ0) is 18.1. The first-order chi connectivity index (χ1) is 12.7. The number of hydrogen-bond donors (Lipinski definition) is 1. The van der Waals surface area contributed by atoms with Gasteiger partial charge in [-0.05, 0) is 32.0 Å². The van der Waals surface area contributed by atoms with Gasteiger partial charge in [-0.25, -0.2) is 4.68 Å². The van der Waals surface area contributed by atoms with Gasteiger partial charge in [-0.1, -0.05) is 18.2 Å². The third-order valence-corrected chi connectivity index (χ3v) is 4.80. The molecule has 1 aliphatic heterocycles. The highest BCUT2D eigenvalue weighted by molar-refractivity contribution is 5.92. The highest BCUT2D eigenvalue weighted by Gasteiger charge is 2.33. The molecule has 1 amide bonds. The van der Waals surface area contributed by atoms with Crippen LogP contribution in [0.25, 0.3) is 5.69 Å². The number of nitrogens with one attached hydrogen (secondary N) is 1. The first-order valence-corrected chi connectivity index (χ1v) is 8.66. The van der Waals surface area contributed by atoms with Gasteiger partial charge < -0.3 is 9.64 Å². The van der Waals surface area contributed by atoms with Crippen molar-refractivity contribution in [2.24, 2.45) is 0 Å². The van der Waals surface area contributed by atoms with Crippen LogP contribution in [0.5, 0.6) is 0 Å². The summed E-state index contributed by atoms with van der Waals surface area (Å²) in [5, 5.41) is 11.4. The molecule has 1 fully saturated rings. The summed E-state index contributed by atoms with van der Waals surface area (Å²) in [4.78, 5) is 14.8. The second-order valence-corrected chi connectivity index (χ2v) is 6.39. The van der Waals surface area contributed by atoms with E-state index in [9.17, 15) is 4.79 Å². The molecule has 2 aromatic heterocycles. The SMILES string of the molecule is Cc1nn(-c2ccccc2)c(C)c1[C@@H]1COCCN1C(=O)c1ccn[nH]1. The lowest BCUT2D eigenvalue weighted by Gasteiger charge is -2.35. The number of nitrogens with zero attached hydrogens (tertiary/aromatic N) is 4. The second-order valence-electron chi connectivity index (χ2n) is 6.39. The van der Waals surface area contributed by atoms with Crippen molar-refractivity contribution in [1.82, 2.24) is 24.9 Å². The molecule has 1 N–H and O–H groups in total. The molecule has 0 radical (unpaired) electrons. The number of aromatic nitrogens is 4. The number of amides is 1. The van der Waals surface area contributed by atoms with Gasteiger partial charge in [-0.3, -0.25) is 9.89 Å². The van der Waals surface area contributed by atoms with Crippen molar-refractivity contribution < 1.29 is 9.53 Å². The van der Waals surface area contributed by atoms with Crippen molar-refractivity contribution in [2.45, 2.75) is 19.9 Å². The largest absolute Gasteiger partial charge is 0.377 e. The molecule has 3 aromatic rings. The van der Waals surface area contributed by atoms with Crippen LogP contribution < -0.4 is 0 Å². The standard InChI is InChI=1S/C19H21N5O2/c1-13-18(14(2)24(22-13)15-6-4-3-5-7-15)17-12-26-11-10-23(17)19(25)16-8-9-20-21-16/h3-9,17H,10-12H2,1-2H3,(H,20,21)/t17-/m0/s1. The minimum Gasteiger partial charge on any atom is -0.377 e. The normalized spacial score (nSPS) is 17.5. The third kappa shape index (κ3) is 2.80. The summed E-state index contributed by atoms with van der Waals surface area (Å²) in [7, 11) is 0. The van der Waals surface area contributed by atoms with Gasteiger partial charge in [-0.2, -0.15) is 10.2 Å². The van der Waals surface area contributed by atoms with Crippen LogP contribution in [0.4, 0.5) is 0 Å². The zero-order valence-electron chi connectivity index (χ0n) is 14.8. The van der Waals surface area contributed by atoms with Crippen LogP contribution >= 0.6 is 0 Å². The lowest BCUT2D eigenvalue weighted by atomic mass is 10.0. The monoisotopic (exact) mass is 351 g/mol. The highest BCUT2D eigenvalue weighted by Crippen LogP contribution is 2.31. The fraction of sp³-hybridized carbons (Fsp3) is 0.316. The van der Waals surface area contributed by atoms with Crippen LogP contribution in [0.3, 0.4) is 0 Å². The number of carbonyl (C=O) groups excluding carboxylic acids is 1. The number of morpholine rings is 1. The van der Waals surface area contributed by atoms with Gasteiger partial charge in [0, 0.05) is 24.0 Å². The van der Waals surface area contributed by atoms with Gasteiger partial charge >= 0.3 is 0 Å². The molecule has 0 spiro atoms. The molecule has 1 aliphatic rings. The smallest absolute Gasteiger partial charge is 0.272 e. The van der Waals surface area contributed by atoms with Gasteiger partial charge in [0.25, 0.3) is 5.91 Å². The van der Waals surface area contributed by atoms with Gasteiger partial charge in [0.05, 0.1) is 30.6 Å². The van der Waals surface area contributed by atoms with E-state index in [-0.39, 0.29) is 11.9 Å². The zero-order valence-corrected chi connectivity index (χ0v) is 14.8. The molecule has 4 rings (SSSR count). The number of para-hydroxylation sites is 1. The van der Waals surface area contributed by atoms with E-state index in [4.69, 9.17) is 9.84 Å². The summed E-state index contributed by atoms with van der Waals surface area (Å²) < 4.78 is 7.63. The van der Waals surface area contributed by atoms with Crippen molar-refractivity contribution in [3.63, 3.8) is 0 Å². The molecule has 1 aromatic carbocycles. The highest BCUT2D eigenvalue weighted by atomic mass is 16.5. The first-order valence-electron chi connectivity index (χ1n) is 8.66. The van der Waals surface area contributed by atoms with E-state index in [1.807, 2.05) is 53.8 Å². The van der Waals surface area contributed by atoms with E-state index in [1.54, 1.807) is 12.3 Å². The van der Waals surface area contributed by atoms with Crippen molar-refractivity contribution in [2.75, 3.05) is 19.8 Å². The number of ether oxygens (including phenoxy) is 1. The van der Waals surface area contributed by atoms with Crippen molar-refractivity contribution >= 4 is 5.91 Å². The Morgan fingerprint density at radius 1 is 1.23 bits per heavy atom. The lowest BCUT2D eigenvalue weighted by molar-refractivity contribution is -0.00334. The van der Waals surface area contributed by atoms with E-state index in [0.29, 0.717) is 25.5 Å². The van der Waals surface area contributed by atoms with Gasteiger partial charge in [0.15, 0.2) is 0 Å². The van der Waals surface area contributed by atoms with Crippen LogP contribution in [0.1, 0.15) is 33.5 Å². The molecule has 26 heavy (non-hydrogen) atoms. The summed E-state index contributed by atoms with van der Waals surface area (Å²) in [5.74, 6) is -0.0675. The fourth-order valence-corrected chi connectivity index (χ4v) is 3.57. The number of aryl methyl sites for hydroxylation is 1. The van der Waals surface area contributed by atoms with E-state index in [2.05, 4.69) is 10.2 Å². The Labute approximate surface area is 151 Å². The van der Waals surface area contributed by atoms with Crippen molar-refractivity contribution in [1.29, 1.82) is 0 Å². The summed E-state index contributed by atoms with van der Waals surface area (Å²) in [6.07, 6.45) is 1.59. The minimum absolute atomic E-state index is 0.0675. The van der Waals surface area contributed by atoms with Crippen LogP contribution in [0.2, 0.25) is 0 Å². The van der Waals surface area contributed by atoms with Gasteiger partial charge in [-0.15, -0.1) is 0 Å². The quantitative estimate of drug-likeness (QED) is 0.786. The number of hydrogen-bond acceptors (Lipinski definition) is 4. The van der Waals surface area contributed by atoms with Crippen LogP contribution in [-0.2, 0) is 4.74 Å². The number of carbonyl (C=O) groups is 1. The molecule has 0 bridgehead atoms. The summed E-state index contributed by atoms with van der Waals surface area (Å²) in [5.41, 5.74) is 4.46. The predicted molar refractivity (Wildman–Crippen MR) is 96.2 cm³/mol. The summed E-state index contributed by atoms with van der Waals surface area (Å²) in [6.45, 7) is 5.55. The van der Waals surface area contributed by atoms with Crippen LogP contribution in [0, 0.1) is 13.8 Å². The van der Waals surface area contributed by atoms with Gasteiger partial charge in [0.2, 0.25) is 0 Å². The Kier molecular flexibility index (Phi) is 4.30. The van der Waals surface area contributed by atoms with Crippen molar-refractivity contribution in [3.8, 4) is 5.69 Å². The van der Waals surface area contributed by atoms with Crippen LogP contribution in [-0.4, -0.2) is 50.5 Å². The number of H-pyrrole nitrogens is 1. The van der Waals surface area contributed by atoms with E-state index >= 15 is 0 Å². The summed E-state index contributed by atoms with van der Waals surface area (Å²) in [6, 6.07) is 11.5. The third-order valence-electron chi connectivity index (χ3n) is 4.80. The molecule has 0 aliphatic carbocycles. The van der Waals surface area contributed by atoms with Gasteiger partial charge in [0.1, 0.15) is 5.69 Å². The Balaban J connectivity index is 1.73. The molecule has 7 nitrogen and oxygen atoms in total. The maximum atomic E-state index is 12.9. The fourth-order valence-electron chi connectivity index (χ4n) is 3.57. The molecule has 0 unspecified atom stereocenters. The Hall–Kier alpha value is -2.93. The molecule has 7 heteroatoms. The molecule has 3 heterocycles. The molecule has 1 atom stereocenters. The van der Waals surface area contributed by atoms with E-state index < -0.39 is 0 Å². The average Bonchev–Trinajstić information content (AvgIpc) is 3.30. The molecule has 134 valence electrons. The number of benzene rings is 1. The minimum atomic E-state index is -0.169. The van der Waals surface area contributed by atoms with Crippen LogP contribution in [0.15, 0.2) is 42.6 Å². The summed E-state index contributed by atoms with van der Waals surface area (Å²) >= 11 is 0. The number of rotatable bonds is 3. The Bertz CT molecular complexity index is 902. The maximum Gasteiger partial charge on any atom is 0.272 e. The average molecular weight is 351 g/mol. The molecule has 0 saturated carbocycles.